The van der Waals surface area contributed by atoms with Crippen LogP contribution in [0.4, 0.5) is 4.79 Å². The van der Waals surface area contributed by atoms with Gasteiger partial charge in [-0.15, -0.1) is 0 Å². The minimum atomic E-state index is -0.633. The van der Waals surface area contributed by atoms with Gasteiger partial charge in [-0.25, -0.2) is 4.79 Å². The second-order valence-electron chi connectivity index (χ2n) is 7.65. The number of nitrogens with zero attached hydrogens (tertiary/aromatic N) is 3. The molecule has 1 saturated heterocycles. The van der Waals surface area contributed by atoms with E-state index in [4.69, 9.17) is 26.3 Å². The number of aromatic nitrogens is 1. The normalized spacial score (nSPS) is 19.8. The van der Waals surface area contributed by atoms with Crippen molar-refractivity contribution in [2.75, 3.05) is 13.1 Å². The first-order valence-electron chi connectivity index (χ1n) is 8.60. The van der Waals surface area contributed by atoms with Gasteiger partial charge in [-0.05, 0) is 33.8 Å². The molecule has 0 aliphatic carbocycles. The molecular formula is C19H22ClN3O3. The largest absolute Gasteiger partial charge is 0.479 e. The monoisotopic (exact) mass is 375 g/mol. The van der Waals surface area contributed by atoms with E-state index in [2.05, 4.69) is 4.98 Å². The van der Waals surface area contributed by atoms with Crippen molar-refractivity contribution in [2.45, 2.75) is 51.7 Å². The zero-order valence-electron chi connectivity index (χ0n) is 15.4. The van der Waals surface area contributed by atoms with E-state index >= 15 is 0 Å². The van der Waals surface area contributed by atoms with Crippen LogP contribution in [0.5, 0.6) is 0 Å². The molecule has 0 aromatic carbocycles. The highest BCUT2D eigenvalue weighted by Crippen LogP contribution is 2.48. The fraction of sp³-hybridized carbons (Fsp3) is 0.526. The molecule has 1 fully saturated rings. The van der Waals surface area contributed by atoms with E-state index in [1.54, 1.807) is 11.0 Å². The number of allylic oxidation sites excluding steroid dienone is 1. The molecule has 1 aromatic rings. The highest BCUT2D eigenvalue weighted by atomic mass is 35.5. The lowest BCUT2D eigenvalue weighted by Crippen LogP contribution is -2.47. The molecule has 1 aromatic heterocycles. The molecule has 0 radical (unpaired) electrons. The minimum Gasteiger partial charge on any atom is -0.479 e. The molecule has 6 nitrogen and oxygen atoms in total. The predicted octanol–water partition coefficient (Wildman–Crippen LogP) is 4.16. The van der Waals surface area contributed by atoms with Gasteiger partial charge in [0.05, 0.1) is 28.6 Å². The lowest BCUT2D eigenvalue weighted by atomic mass is 9.87. The van der Waals surface area contributed by atoms with Crippen LogP contribution < -0.4 is 0 Å². The summed E-state index contributed by atoms with van der Waals surface area (Å²) in [4.78, 5) is 18.6. The van der Waals surface area contributed by atoms with Gasteiger partial charge in [0, 0.05) is 31.5 Å². The average molecular weight is 376 g/mol. The molecule has 0 atom stereocenters. The second kappa shape index (κ2) is 6.48. The highest BCUT2D eigenvalue weighted by Gasteiger charge is 2.48. The molecule has 7 heteroatoms. The Balaban J connectivity index is 1.86. The molecule has 1 spiro atoms. The van der Waals surface area contributed by atoms with E-state index in [1.807, 2.05) is 33.8 Å². The molecule has 138 valence electrons. The Bertz CT molecular complexity index is 813. The summed E-state index contributed by atoms with van der Waals surface area (Å²) in [7, 11) is 0. The molecule has 2 aliphatic rings. The molecule has 3 rings (SSSR count). The van der Waals surface area contributed by atoms with Crippen molar-refractivity contribution in [1.82, 2.24) is 9.88 Å². The topological polar surface area (TPSA) is 75.5 Å². The van der Waals surface area contributed by atoms with E-state index in [1.165, 1.54) is 6.08 Å². The Morgan fingerprint density at radius 1 is 1.46 bits per heavy atom. The number of amides is 1. The van der Waals surface area contributed by atoms with Gasteiger partial charge < -0.3 is 14.4 Å². The maximum atomic E-state index is 12.3. The summed E-state index contributed by atoms with van der Waals surface area (Å²) in [5.74, 6) is 0.489. The maximum Gasteiger partial charge on any atom is 0.410 e. The summed E-state index contributed by atoms with van der Waals surface area (Å²) >= 11 is 6.21. The molecule has 26 heavy (non-hydrogen) atoms. The number of likely N-dealkylation sites (tertiary alicyclic amines) is 1. The maximum absolute atomic E-state index is 12.3. The fourth-order valence-electron chi connectivity index (χ4n) is 3.31. The third-order valence-corrected chi connectivity index (χ3v) is 4.95. The predicted molar refractivity (Wildman–Crippen MR) is 97.4 cm³/mol. The first-order valence-corrected chi connectivity index (χ1v) is 8.98. The molecular weight excluding hydrogens is 354 g/mol. The molecule has 0 saturated carbocycles. The number of nitriles is 1. The van der Waals surface area contributed by atoms with Crippen LogP contribution in [-0.2, 0) is 15.1 Å². The van der Waals surface area contributed by atoms with Gasteiger partial charge in [0.25, 0.3) is 0 Å². The van der Waals surface area contributed by atoms with Crippen LogP contribution >= 0.6 is 11.6 Å². The van der Waals surface area contributed by atoms with Crippen LogP contribution in [0.15, 0.2) is 12.1 Å². The van der Waals surface area contributed by atoms with Crippen molar-refractivity contribution >= 4 is 23.5 Å². The SMILES string of the molecule is Cc1nc2c(cc1Cl)/C(=C/C#N)OC21CCN(C(=O)OC(C)(C)C)CC1. The van der Waals surface area contributed by atoms with Gasteiger partial charge in [0.15, 0.2) is 5.60 Å². The van der Waals surface area contributed by atoms with Crippen LogP contribution in [0.2, 0.25) is 5.02 Å². The standard InChI is InChI=1S/C19H22ClN3O3/c1-12-14(20)11-13-15(5-8-21)25-19(16(13)22-12)6-9-23(10-7-19)17(24)26-18(2,3)4/h5,11H,6-7,9-10H2,1-4H3/b15-5-. The van der Waals surface area contributed by atoms with Gasteiger partial charge in [-0.2, -0.15) is 5.26 Å². The highest BCUT2D eigenvalue weighted by molar-refractivity contribution is 6.31. The second-order valence-corrected chi connectivity index (χ2v) is 8.06. The number of hydrogen-bond acceptors (Lipinski definition) is 5. The Kier molecular flexibility index (Phi) is 4.61. The number of piperidine rings is 1. The van der Waals surface area contributed by atoms with Crippen molar-refractivity contribution < 1.29 is 14.3 Å². The number of pyridine rings is 1. The van der Waals surface area contributed by atoms with Crippen LogP contribution in [0.3, 0.4) is 0 Å². The summed E-state index contributed by atoms with van der Waals surface area (Å²) < 4.78 is 11.6. The Morgan fingerprint density at radius 3 is 2.69 bits per heavy atom. The Hall–Kier alpha value is -2.26. The third kappa shape index (κ3) is 3.36. The van der Waals surface area contributed by atoms with Crippen LogP contribution in [0.25, 0.3) is 5.76 Å². The smallest absolute Gasteiger partial charge is 0.410 e. The summed E-state index contributed by atoms with van der Waals surface area (Å²) in [5.41, 5.74) is 1.12. The van der Waals surface area contributed by atoms with E-state index in [-0.39, 0.29) is 6.09 Å². The van der Waals surface area contributed by atoms with Crippen LogP contribution in [0, 0.1) is 18.3 Å². The van der Waals surface area contributed by atoms with Crippen molar-refractivity contribution in [2.24, 2.45) is 0 Å². The molecule has 1 amide bonds. The first-order chi connectivity index (χ1) is 12.1. The lowest BCUT2D eigenvalue weighted by Gasteiger charge is -2.38. The number of ether oxygens (including phenoxy) is 2. The number of carbonyl (C=O) groups excluding carboxylic acids is 1. The van der Waals surface area contributed by atoms with E-state index < -0.39 is 11.2 Å². The average Bonchev–Trinajstić information content (AvgIpc) is 2.81. The minimum absolute atomic E-state index is 0.321. The number of hydrogen-bond donors (Lipinski definition) is 0. The zero-order valence-corrected chi connectivity index (χ0v) is 16.2. The summed E-state index contributed by atoms with van der Waals surface area (Å²) in [6, 6.07) is 3.82. The number of fused-ring (bicyclic) bond motifs is 2. The van der Waals surface area contributed by atoms with E-state index in [9.17, 15) is 4.79 Å². The van der Waals surface area contributed by atoms with Gasteiger partial charge in [-0.1, -0.05) is 11.6 Å². The zero-order chi connectivity index (χ0) is 19.1. The quantitative estimate of drug-likeness (QED) is 0.636. The van der Waals surface area contributed by atoms with Crippen molar-refractivity contribution in [1.29, 1.82) is 5.26 Å². The van der Waals surface area contributed by atoms with E-state index in [0.717, 1.165) is 17.0 Å². The molecule has 0 N–H and O–H groups in total. The lowest BCUT2D eigenvalue weighted by molar-refractivity contribution is -0.0286. The number of rotatable bonds is 0. The molecule has 2 aliphatic heterocycles. The van der Waals surface area contributed by atoms with Gasteiger partial charge in [0.2, 0.25) is 0 Å². The molecule has 0 unspecified atom stereocenters. The summed E-state index contributed by atoms with van der Waals surface area (Å²) in [6.07, 6.45) is 2.21. The number of carbonyl (C=O) groups is 1. The van der Waals surface area contributed by atoms with Gasteiger partial charge in [-0.3, -0.25) is 4.98 Å². The van der Waals surface area contributed by atoms with Gasteiger partial charge >= 0.3 is 6.09 Å². The number of aryl methyl sites for hydroxylation is 1. The van der Waals surface area contributed by atoms with Crippen molar-refractivity contribution in [3.63, 3.8) is 0 Å². The van der Waals surface area contributed by atoms with Crippen molar-refractivity contribution in [3.8, 4) is 6.07 Å². The number of halogens is 1. The molecule has 0 bridgehead atoms. The first kappa shape index (κ1) is 18.5. The Morgan fingerprint density at radius 2 is 2.12 bits per heavy atom. The third-order valence-electron chi connectivity index (χ3n) is 4.57. The van der Waals surface area contributed by atoms with Crippen LogP contribution in [0.1, 0.15) is 50.6 Å². The fourth-order valence-corrected chi connectivity index (χ4v) is 3.46. The summed E-state index contributed by atoms with van der Waals surface area (Å²) in [6.45, 7) is 8.39. The van der Waals surface area contributed by atoms with Crippen molar-refractivity contribution in [3.05, 3.63) is 34.1 Å². The summed E-state index contributed by atoms with van der Waals surface area (Å²) in [5, 5.41) is 9.60. The molecule has 3 heterocycles. The van der Waals surface area contributed by atoms with Gasteiger partial charge in [0.1, 0.15) is 11.4 Å². The van der Waals surface area contributed by atoms with E-state index in [0.29, 0.717) is 36.7 Å². The van der Waals surface area contributed by atoms with Crippen LogP contribution in [-0.4, -0.2) is 34.7 Å². The Labute approximate surface area is 158 Å².